The number of benzene rings is 1. The molecule has 1 fully saturated rings. The molecule has 1 amide bonds. The van der Waals surface area contributed by atoms with Crippen molar-refractivity contribution >= 4 is 51.0 Å². The first-order valence-corrected chi connectivity index (χ1v) is 11.9. The predicted octanol–water partition coefficient (Wildman–Crippen LogP) is 4.14. The second-order valence-electron chi connectivity index (χ2n) is 8.46. The summed E-state index contributed by atoms with van der Waals surface area (Å²) in [5.41, 5.74) is 1.22. The molecule has 1 saturated heterocycles. The molecule has 1 unspecified atom stereocenters. The lowest BCUT2D eigenvalue weighted by molar-refractivity contribution is -0.384. The lowest BCUT2D eigenvalue weighted by atomic mass is 9.96. The maximum absolute atomic E-state index is 13.4. The zero-order valence-electron chi connectivity index (χ0n) is 19.8. The zero-order valence-corrected chi connectivity index (χ0v) is 20.6. The number of aliphatic hydroxyl groups excluding tert-OH is 1. The number of aromatic nitrogens is 3. The Labute approximate surface area is 213 Å². The highest BCUT2D eigenvalue weighted by Crippen LogP contribution is 2.44. The van der Waals surface area contributed by atoms with Gasteiger partial charge in [0.1, 0.15) is 11.3 Å². The molecular formula is C25H19N5O6S. The molecule has 0 aliphatic carbocycles. The number of nitrogens with zero attached hydrogens (tertiary/aromatic N) is 5. The van der Waals surface area contributed by atoms with Crippen molar-refractivity contribution in [2.45, 2.75) is 26.8 Å². The number of aliphatic hydroxyl groups is 1. The molecule has 37 heavy (non-hydrogen) atoms. The van der Waals surface area contributed by atoms with Crippen LogP contribution in [-0.2, 0) is 9.59 Å². The number of nitro benzene ring substituents is 1. The molecule has 5 rings (SSSR count). The number of amides is 1. The molecule has 1 aromatic carbocycles. The highest BCUT2D eigenvalue weighted by Gasteiger charge is 2.49. The van der Waals surface area contributed by atoms with Gasteiger partial charge in [-0.1, -0.05) is 29.5 Å². The molecule has 1 aliphatic rings. The molecule has 0 spiro atoms. The van der Waals surface area contributed by atoms with Gasteiger partial charge in [0.15, 0.2) is 16.7 Å². The standard InChI is InChI=1S/C25H19N5O6S/c1-12-19(28-10-5-4-9-17(28)26-12)21(32)18-20(15-7-6-8-16(11-15)30(35)36)29(24(34)22(18)33)25-27-13(2)23(37-25)14(3)31/h4-11,20,32H,1-3H3/b21-18+. The number of thiazole rings is 1. The molecule has 4 aromatic rings. The van der Waals surface area contributed by atoms with Crippen molar-refractivity contribution in [1.82, 2.24) is 14.4 Å². The molecule has 1 aliphatic heterocycles. The van der Waals surface area contributed by atoms with E-state index in [1.165, 1.54) is 31.2 Å². The summed E-state index contributed by atoms with van der Waals surface area (Å²) in [5, 5.41) is 23.1. The number of non-ortho nitro benzene ring substituents is 1. The Morgan fingerprint density at radius 2 is 1.86 bits per heavy atom. The van der Waals surface area contributed by atoms with Crippen LogP contribution in [0.4, 0.5) is 10.8 Å². The molecule has 4 heterocycles. The van der Waals surface area contributed by atoms with E-state index in [4.69, 9.17) is 0 Å². The first-order chi connectivity index (χ1) is 17.6. The van der Waals surface area contributed by atoms with Crippen molar-refractivity contribution in [3.8, 4) is 0 Å². The topological polar surface area (TPSA) is 148 Å². The number of carbonyl (C=O) groups is 3. The molecule has 11 nitrogen and oxygen atoms in total. The molecule has 186 valence electrons. The summed E-state index contributed by atoms with van der Waals surface area (Å²) in [6.07, 6.45) is 1.66. The molecular weight excluding hydrogens is 498 g/mol. The number of nitro groups is 1. The second-order valence-corrected chi connectivity index (χ2v) is 9.44. The monoisotopic (exact) mass is 517 g/mol. The number of anilines is 1. The Morgan fingerprint density at radius 3 is 2.54 bits per heavy atom. The number of hydrogen-bond donors (Lipinski definition) is 1. The van der Waals surface area contributed by atoms with Gasteiger partial charge in [0.25, 0.3) is 11.5 Å². The molecule has 0 bridgehead atoms. The fourth-order valence-electron chi connectivity index (χ4n) is 4.49. The van der Waals surface area contributed by atoms with Crippen molar-refractivity contribution in [3.05, 3.63) is 91.9 Å². The Balaban J connectivity index is 1.80. The molecule has 1 atom stereocenters. The van der Waals surface area contributed by atoms with E-state index in [0.717, 1.165) is 16.2 Å². The van der Waals surface area contributed by atoms with E-state index in [2.05, 4.69) is 9.97 Å². The number of Topliss-reactive ketones (excluding diaryl/α,β-unsaturated/α-hetero) is 2. The predicted molar refractivity (Wildman–Crippen MR) is 135 cm³/mol. The van der Waals surface area contributed by atoms with Crippen LogP contribution in [0.25, 0.3) is 11.4 Å². The largest absolute Gasteiger partial charge is 0.505 e. The summed E-state index contributed by atoms with van der Waals surface area (Å²) in [4.78, 5) is 60.0. The van der Waals surface area contributed by atoms with Crippen LogP contribution in [0.3, 0.4) is 0 Å². The summed E-state index contributed by atoms with van der Waals surface area (Å²) in [5.74, 6) is -2.70. The van der Waals surface area contributed by atoms with E-state index in [0.29, 0.717) is 21.9 Å². The zero-order chi connectivity index (χ0) is 26.6. The average Bonchev–Trinajstić information content (AvgIpc) is 3.49. The Kier molecular flexibility index (Phi) is 5.67. The van der Waals surface area contributed by atoms with Gasteiger partial charge in [-0.05, 0) is 31.5 Å². The quantitative estimate of drug-likeness (QED) is 0.104. The van der Waals surface area contributed by atoms with Crippen molar-refractivity contribution < 1.29 is 24.4 Å². The Bertz CT molecular complexity index is 1680. The number of rotatable bonds is 5. The number of carbonyl (C=O) groups excluding carboxylic acids is 3. The maximum Gasteiger partial charge on any atom is 0.301 e. The summed E-state index contributed by atoms with van der Waals surface area (Å²) in [6, 6.07) is 9.46. The summed E-state index contributed by atoms with van der Waals surface area (Å²) < 4.78 is 1.59. The normalized spacial score (nSPS) is 17.1. The third-order valence-corrected chi connectivity index (χ3v) is 7.34. The van der Waals surface area contributed by atoms with Crippen LogP contribution in [0, 0.1) is 24.0 Å². The highest BCUT2D eigenvalue weighted by molar-refractivity contribution is 7.18. The third-order valence-electron chi connectivity index (χ3n) is 6.08. The maximum atomic E-state index is 13.4. The Hall–Kier alpha value is -4.71. The minimum absolute atomic E-state index is 0.0650. The lowest BCUT2D eigenvalue weighted by Crippen LogP contribution is -2.29. The van der Waals surface area contributed by atoms with Gasteiger partial charge in [-0.25, -0.2) is 9.97 Å². The molecule has 12 heteroatoms. The van der Waals surface area contributed by atoms with E-state index in [-0.39, 0.29) is 33.4 Å². The number of fused-ring (bicyclic) bond motifs is 1. The number of ketones is 2. The molecule has 3 aromatic heterocycles. The van der Waals surface area contributed by atoms with Crippen LogP contribution in [0.5, 0.6) is 0 Å². The van der Waals surface area contributed by atoms with Crippen LogP contribution in [0.15, 0.2) is 54.2 Å². The van der Waals surface area contributed by atoms with Crippen molar-refractivity contribution in [3.63, 3.8) is 0 Å². The fourth-order valence-corrected chi connectivity index (χ4v) is 5.48. The van der Waals surface area contributed by atoms with Crippen LogP contribution >= 0.6 is 11.3 Å². The number of imidazole rings is 1. The lowest BCUT2D eigenvalue weighted by Gasteiger charge is -2.22. The Morgan fingerprint density at radius 1 is 1.11 bits per heavy atom. The summed E-state index contributed by atoms with van der Waals surface area (Å²) in [7, 11) is 0. The highest BCUT2D eigenvalue weighted by atomic mass is 32.1. The van der Waals surface area contributed by atoms with Crippen LogP contribution in [0.1, 0.15) is 45.3 Å². The summed E-state index contributed by atoms with van der Waals surface area (Å²) >= 11 is 0.933. The first kappa shape index (κ1) is 24.0. The van der Waals surface area contributed by atoms with Gasteiger partial charge in [-0.3, -0.25) is 33.8 Å². The number of aryl methyl sites for hydroxylation is 2. The molecule has 0 saturated carbocycles. The van der Waals surface area contributed by atoms with Crippen LogP contribution in [0.2, 0.25) is 0 Å². The van der Waals surface area contributed by atoms with Gasteiger partial charge in [0.2, 0.25) is 0 Å². The van der Waals surface area contributed by atoms with Crippen molar-refractivity contribution in [1.29, 1.82) is 0 Å². The van der Waals surface area contributed by atoms with Crippen molar-refractivity contribution in [2.24, 2.45) is 0 Å². The third kappa shape index (κ3) is 3.78. The van der Waals surface area contributed by atoms with Crippen LogP contribution < -0.4 is 4.90 Å². The summed E-state index contributed by atoms with van der Waals surface area (Å²) in [6.45, 7) is 4.63. The minimum Gasteiger partial charge on any atom is -0.505 e. The minimum atomic E-state index is -1.24. The average molecular weight is 518 g/mol. The molecule has 0 radical (unpaired) electrons. The van der Waals surface area contributed by atoms with Crippen LogP contribution in [-0.4, -0.2) is 41.9 Å². The van der Waals surface area contributed by atoms with Gasteiger partial charge < -0.3 is 5.11 Å². The van der Waals surface area contributed by atoms with E-state index in [1.54, 1.807) is 42.6 Å². The van der Waals surface area contributed by atoms with Gasteiger partial charge in [0.05, 0.1) is 32.8 Å². The fraction of sp³-hybridized carbons (Fsp3) is 0.160. The van der Waals surface area contributed by atoms with E-state index < -0.39 is 28.4 Å². The smallest absolute Gasteiger partial charge is 0.301 e. The van der Waals surface area contributed by atoms with Crippen molar-refractivity contribution in [2.75, 3.05) is 4.90 Å². The van der Waals surface area contributed by atoms with Gasteiger partial charge >= 0.3 is 5.91 Å². The van der Waals surface area contributed by atoms with Gasteiger partial charge in [0, 0.05) is 25.3 Å². The van der Waals surface area contributed by atoms with Gasteiger partial charge in [-0.2, -0.15) is 0 Å². The van der Waals surface area contributed by atoms with E-state index in [1.807, 2.05) is 0 Å². The SMILES string of the molecule is CC(=O)c1sc(N2C(=O)C(=O)/C(=C(/O)c3c(C)nc4ccccn34)C2c2cccc([N+](=O)[O-])c2)nc1C. The van der Waals surface area contributed by atoms with E-state index >= 15 is 0 Å². The molecule has 1 N–H and O–H groups in total. The number of hydrogen-bond acceptors (Lipinski definition) is 9. The van der Waals surface area contributed by atoms with E-state index in [9.17, 15) is 29.6 Å². The number of pyridine rings is 1. The first-order valence-electron chi connectivity index (χ1n) is 11.1. The second kappa shape index (κ2) is 8.75. The van der Waals surface area contributed by atoms with Gasteiger partial charge in [-0.15, -0.1) is 0 Å².